The summed E-state index contributed by atoms with van der Waals surface area (Å²) in [5.74, 6) is 0. The molecule has 4 heteroatoms. The molecule has 0 aliphatic heterocycles. The van der Waals surface area contributed by atoms with Gasteiger partial charge in [0.25, 0.3) is 0 Å². The van der Waals surface area contributed by atoms with Crippen LogP contribution in [0.25, 0.3) is 21.8 Å². The first kappa shape index (κ1) is 11.2. The van der Waals surface area contributed by atoms with Gasteiger partial charge < -0.3 is 0 Å². The Morgan fingerprint density at radius 2 is 1.75 bits per heavy atom. The molecule has 20 heavy (non-hydrogen) atoms. The quantitative estimate of drug-likeness (QED) is 0.527. The molecule has 0 aliphatic carbocycles. The van der Waals surface area contributed by atoms with Crippen LogP contribution in [-0.2, 0) is 0 Å². The lowest BCUT2D eigenvalue weighted by molar-refractivity contribution is 0.504. The number of fused-ring (bicyclic) bond motifs is 2. The number of aromatic nitrogens is 4. The van der Waals surface area contributed by atoms with Crippen molar-refractivity contribution in [2.45, 2.75) is 13.8 Å². The SMILES string of the molecule is Cc1cccc2cn(-n3nc4ccccc4c3C)nc12. The second-order valence-corrected chi connectivity index (χ2v) is 5.05. The van der Waals surface area contributed by atoms with Crippen molar-refractivity contribution in [2.75, 3.05) is 0 Å². The summed E-state index contributed by atoms with van der Waals surface area (Å²) in [4.78, 5) is 3.66. The summed E-state index contributed by atoms with van der Waals surface area (Å²) in [7, 11) is 0. The fourth-order valence-electron chi connectivity index (χ4n) is 2.63. The van der Waals surface area contributed by atoms with Gasteiger partial charge in [0.15, 0.2) is 0 Å². The number of benzene rings is 2. The highest BCUT2D eigenvalue weighted by atomic mass is 15.7. The topological polar surface area (TPSA) is 35.6 Å². The molecule has 2 aromatic carbocycles. The maximum atomic E-state index is 4.66. The zero-order valence-corrected chi connectivity index (χ0v) is 11.4. The second kappa shape index (κ2) is 3.93. The van der Waals surface area contributed by atoms with E-state index in [1.165, 1.54) is 5.56 Å². The summed E-state index contributed by atoms with van der Waals surface area (Å²) in [5, 5.41) is 11.6. The zero-order valence-electron chi connectivity index (χ0n) is 11.4. The third-order valence-corrected chi connectivity index (χ3v) is 3.72. The van der Waals surface area contributed by atoms with Gasteiger partial charge in [-0.15, -0.1) is 0 Å². The monoisotopic (exact) mass is 262 g/mol. The van der Waals surface area contributed by atoms with E-state index < -0.39 is 0 Å². The Morgan fingerprint density at radius 3 is 2.55 bits per heavy atom. The Morgan fingerprint density at radius 1 is 0.900 bits per heavy atom. The summed E-state index contributed by atoms with van der Waals surface area (Å²) in [6, 6.07) is 14.3. The van der Waals surface area contributed by atoms with Crippen LogP contribution < -0.4 is 0 Å². The molecule has 98 valence electrons. The van der Waals surface area contributed by atoms with E-state index in [4.69, 9.17) is 0 Å². The van der Waals surface area contributed by atoms with Gasteiger partial charge in [0.2, 0.25) is 0 Å². The smallest absolute Gasteiger partial charge is 0.0974 e. The summed E-state index contributed by atoms with van der Waals surface area (Å²) in [5.41, 5.74) is 4.27. The summed E-state index contributed by atoms with van der Waals surface area (Å²) >= 11 is 0. The van der Waals surface area contributed by atoms with Crippen LogP contribution in [0, 0.1) is 13.8 Å². The van der Waals surface area contributed by atoms with Crippen molar-refractivity contribution in [3.63, 3.8) is 0 Å². The fraction of sp³-hybridized carbons (Fsp3) is 0.125. The Bertz CT molecular complexity index is 930. The molecule has 0 bridgehead atoms. The van der Waals surface area contributed by atoms with Crippen LogP contribution in [0.15, 0.2) is 48.7 Å². The van der Waals surface area contributed by atoms with Crippen LogP contribution in [0.3, 0.4) is 0 Å². The highest BCUT2D eigenvalue weighted by Gasteiger charge is 2.10. The molecule has 2 aromatic heterocycles. The van der Waals surface area contributed by atoms with Gasteiger partial charge in [-0.2, -0.15) is 19.8 Å². The van der Waals surface area contributed by atoms with Gasteiger partial charge in [0.05, 0.1) is 22.9 Å². The maximum Gasteiger partial charge on any atom is 0.0974 e. The number of nitrogens with zero attached hydrogens (tertiary/aromatic N) is 4. The standard InChI is InChI=1S/C16H14N4/c1-11-6-5-7-13-10-19(18-16(11)13)20-12(2)14-8-3-4-9-15(14)17-20/h3-10H,1-2H3. The molecule has 0 unspecified atom stereocenters. The average Bonchev–Trinajstić information content (AvgIpc) is 3.02. The molecule has 0 aliphatic rings. The number of hydrogen-bond donors (Lipinski definition) is 0. The van der Waals surface area contributed by atoms with Crippen molar-refractivity contribution < 1.29 is 0 Å². The summed E-state index contributed by atoms with van der Waals surface area (Å²) in [6.45, 7) is 4.14. The molecule has 0 atom stereocenters. The predicted octanol–water partition coefficient (Wildman–Crippen LogP) is 3.31. The Balaban J connectivity index is 2.01. The van der Waals surface area contributed by atoms with Gasteiger partial charge >= 0.3 is 0 Å². The van der Waals surface area contributed by atoms with Gasteiger partial charge in [-0.3, -0.25) is 0 Å². The van der Waals surface area contributed by atoms with E-state index in [2.05, 4.69) is 48.3 Å². The van der Waals surface area contributed by atoms with Crippen molar-refractivity contribution in [3.8, 4) is 0 Å². The average molecular weight is 262 g/mol. The van der Waals surface area contributed by atoms with Crippen molar-refractivity contribution >= 4 is 21.8 Å². The molecule has 0 spiro atoms. The first-order chi connectivity index (χ1) is 9.74. The molecular formula is C16H14N4. The molecule has 2 heterocycles. The van der Waals surface area contributed by atoms with Gasteiger partial charge in [-0.1, -0.05) is 36.4 Å². The van der Waals surface area contributed by atoms with Crippen LogP contribution in [-0.4, -0.2) is 19.8 Å². The van der Waals surface area contributed by atoms with Gasteiger partial charge in [0, 0.05) is 10.8 Å². The van der Waals surface area contributed by atoms with E-state index >= 15 is 0 Å². The molecule has 0 fully saturated rings. The Hall–Kier alpha value is -2.62. The minimum Gasteiger partial charge on any atom is -0.158 e. The highest BCUT2D eigenvalue weighted by Crippen LogP contribution is 2.20. The molecule has 4 aromatic rings. The van der Waals surface area contributed by atoms with Crippen molar-refractivity contribution in [3.05, 3.63) is 59.9 Å². The molecular weight excluding hydrogens is 248 g/mol. The van der Waals surface area contributed by atoms with Gasteiger partial charge in [0.1, 0.15) is 0 Å². The van der Waals surface area contributed by atoms with E-state index in [9.17, 15) is 0 Å². The Labute approximate surface area is 116 Å². The third-order valence-electron chi connectivity index (χ3n) is 3.72. The third kappa shape index (κ3) is 1.48. The molecule has 0 saturated heterocycles. The molecule has 0 amide bonds. The number of aryl methyl sites for hydroxylation is 2. The van der Waals surface area contributed by atoms with Crippen molar-refractivity contribution in [1.82, 2.24) is 19.8 Å². The van der Waals surface area contributed by atoms with Gasteiger partial charge in [-0.05, 0) is 25.5 Å². The lowest BCUT2D eigenvalue weighted by Gasteiger charge is -2.02. The molecule has 4 rings (SSSR count). The van der Waals surface area contributed by atoms with Gasteiger partial charge in [-0.25, -0.2) is 0 Å². The largest absolute Gasteiger partial charge is 0.158 e. The Kier molecular flexibility index (Phi) is 2.21. The van der Waals surface area contributed by atoms with Crippen LogP contribution >= 0.6 is 0 Å². The fourth-order valence-corrected chi connectivity index (χ4v) is 2.63. The first-order valence-electron chi connectivity index (χ1n) is 6.64. The van der Waals surface area contributed by atoms with Crippen LogP contribution in [0.1, 0.15) is 11.3 Å². The summed E-state index contributed by atoms with van der Waals surface area (Å²) < 4.78 is 0. The van der Waals surface area contributed by atoms with E-state index in [-0.39, 0.29) is 0 Å². The molecule has 4 nitrogen and oxygen atoms in total. The van der Waals surface area contributed by atoms with E-state index in [0.29, 0.717) is 0 Å². The van der Waals surface area contributed by atoms with Crippen LogP contribution in [0.4, 0.5) is 0 Å². The predicted molar refractivity (Wildman–Crippen MR) is 79.7 cm³/mol. The highest BCUT2D eigenvalue weighted by molar-refractivity contribution is 5.82. The lowest BCUT2D eigenvalue weighted by Crippen LogP contribution is -2.12. The minimum atomic E-state index is 0.987. The van der Waals surface area contributed by atoms with Crippen molar-refractivity contribution in [1.29, 1.82) is 0 Å². The molecule has 0 N–H and O–H groups in total. The van der Waals surface area contributed by atoms with E-state index in [1.807, 2.05) is 34.0 Å². The van der Waals surface area contributed by atoms with Crippen molar-refractivity contribution in [2.24, 2.45) is 0 Å². The van der Waals surface area contributed by atoms with E-state index in [0.717, 1.165) is 27.5 Å². The van der Waals surface area contributed by atoms with Crippen LogP contribution in [0.5, 0.6) is 0 Å². The maximum absolute atomic E-state index is 4.66. The van der Waals surface area contributed by atoms with E-state index in [1.54, 1.807) is 0 Å². The lowest BCUT2D eigenvalue weighted by atomic mass is 10.2. The number of hydrogen-bond acceptors (Lipinski definition) is 2. The zero-order chi connectivity index (χ0) is 13.7. The second-order valence-electron chi connectivity index (χ2n) is 5.05. The minimum absolute atomic E-state index is 0.987. The normalized spacial score (nSPS) is 11.5. The number of rotatable bonds is 1. The molecule has 0 radical (unpaired) electrons. The molecule has 0 saturated carbocycles. The van der Waals surface area contributed by atoms with Crippen LogP contribution in [0.2, 0.25) is 0 Å². The summed E-state index contributed by atoms with van der Waals surface area (Å²) in [6.07, 6.45) is 2.02. The first-order valence-corrected chi connectivity index (χ1v) is 6.64.